The summed E-state index contributed by atoms with van der Waals surface area (Å²) in [6, 6.07) is 0. The first-order valence-electron chi connectivity index (χ1n) is 7.00. The largest absolute Gasteiger partial charge is 0.390 e. The third kappa shape index (κ3) is 4.94. The molecule has 0 radical (unpaired) electrons. The summed E-state index contributed by atoms with van der Waals surface area (Å²) in [6.45, 7) is 11.0. The summed E-state index contributed by atoms with van der Waals surface area (Å²) in [6.07, 6.45) is 4.16. The number of hydrogen-bond acceptors (Lipinski definition) is 3. The quantitative estimate of drug-likeness (QED) is 0.772. The number of likely N-dealkylation sites (tertiary alicyclic amines) is 1. The molecule has 3 nitrogen and oxygen atoms in total. The summed E-state index contributed by atoms with van der Waals surface area (Å²) >= 11 is 0. The minimum absolute atomic E-state index is 0.352. The van der Waals surface area contributed by atoms with Crippen LogP contribution in [0, 0.1) is 5.41 Å². The van der Waals surface area contributed by atoms with Gasteiger partial charge in [-0.05, 0) is 51.6 Å². The van der Waals surface area contributed by atoms with Crippen LogP contribution < -0.4 is 5.32 Å². The Morgan fingerprint density at radius 1 is 1.35 bits per heavy atom. The maximum absolute atomic E-state index is 10.1. The zero-order valence-corrected chi connectivity index (χ0v) is 12.1. The molecule has 0 bridgehead atoms. The Labute approximate surface area is 107 Å². The molecule has 3 heteroatoms. The van der Waals surface area contributed by atoms with E-state index in [1.807, 2.05) is 14.0 Å². The van der Waals surface area contributed by atoms with Crippen molar-refractivity contribution in [3.8, 4) is 0 Å². The molecule has 0 saturated carbocycles. The lowest BCUT2D eigenvalue weighted by atomic mass is 9.86. The molecule has 0 spiro atoms. The topological polar surface area (TPSA) is 35.5 Å². The van der Waals surface area contributed by atoms with Gasteiger partial charge in [-0.2, -0.15) is 0 Å². The molecular weight excluding hydrogens is 212 g/mol. The smallest absolute Gasteiger partial charge is 0.0632 e. The molecule has 2 N–H and O–H groups in total. The minimum atomic E-state index is -0.444. The second-order valence-corrected chi connectivity index (χ2v) is 6.32. The molecule has 0 aromatic carbocycles. The Kier molecular flexibility index (Phi) is 5.42. The van der Waals surface area contributed by atoms with Crippen molar-refractivity contribution in [3.05, 3.63) is 0 Å². The van der Waals surface area contributed by atoms with Gasteiger partial charge >= 0.3 is 0 Å². The van der Waals surface area contributed by atoms with Gasteiger partial charge in [-0.3, -0.25) is 0 Å². The van der Waals surface area contributed by atoms with Gasteiger partial charge in [0.2, 0.25) is 0 Å². The molecule has 1 aliphatic rings. The van der Waals surface area contributed by atoms with E-state index in [1.165, 1.54) is 6.42 Å². The lowest BCUT2D eigenvalue weighted by Gasteiger charge is -2.34. The van der Waals surface area contributed by atoms with Crippen LogP contribution in [0.1, 0.15) is 46.5 Å². The van der Waals surface area contributed by atoms with E-state index >= 15 is 0 Å². The Morgan fingerprint density at radius 3 is 2.65 bits per heavy atom. The molecule has 1 fully saturated rings. The molecule has 1 heterocycles. The molecule has 102 valence electrons. The fourth-order valence-corrected chi connectivity index (χ4v) is 2.74. The van der Waals surface area contributed by atoms with Crippen LogP contribution in [-0.2, 0) is 0 Å². The summed E-state index contributed by atoms with van der Waals surface area (Å²) in [7, 11) is 2.03. The molecule has 0 aromatic heterocycles. The van der Waals surface area contributed by atoms with Gasteiger partial charge in [-0.25, -0.2) is 0 Å². The van der Waals surface area contributed by atoms with Crippen LogP contribution in [0.5, 0.6) is 0 Å². The standard InChI is InChI=1S/C14H30N2O/c1-5-13(2,11-15-4)12-16-9-6-7-14(3,17)8-10-16/h15,17H,5-12H2,1-4H3. The van der Waals surface area contributed by atoms with E-state index in [9.17, 15) is 5.11 Å². The third-order valence-corrected chi connectivity index (χ3v) is 4.22. The maximum atomic E-state index is 10.1. The van der Waals surface area contributed by atoms with E-state index in [-0.39, 0.29) is 0 Å². The highest BCUT2D eigenvalue weighted by molar-refractivity contribution is 4.84. The fourth-order valence-electron chi connectivity index (χ4n) is 2.74. The molecule has 0 amide bonds. The van der Waals surface area contributed by atoms with Crippen LogP contribution in [0.15, 0.2) is 0 Å². The van der Waals surface area contributed by atoms with Crippen molar-refractivity contribution in [1.82, 2.24) is 10.2 Å². The van der Waals surface area contributed by atoms with Crippen molar-refractivity contribution >= 4 is 0 Å². The summed E-state index contributed by atoms with van der Waals surface area (Å²) in [5.74, 6) is 0. The summed E-state index contributed by atoms with van der Waals surface area (Å²) in [5.41, 5.74) is -0.0919. The zero-order valence-electron chi connectivity index (χ0n) is 12.1. The summed E-state index contributed by atoms with van der Waals surface area (Å²) in [4.78, 5) is 2.53. The Morgan fingerprint density at radius 2 is 2.06 bits per heavy atom. The van der Waals surface area contributed by atoms with Gasteiger partial charge in [-0.15, -0.1) is 0 Å². The van der Waals surface area contributed by atoms with Gasteiger partial charge in [-0.1, -0.05) is 13.8 Å². The van der Waals surface area contributed by atoms with Crippen molar-refractivity contribution in [1.29, 1.82) is 0 Å². The molecule has 2 unspecified atom stereocenters. The highest BCUT2D eigenvalue weighted by atomic mass is 16.3. The van der Waals surface area contributed by atoms with E-state index in [4.69, 9.17) is 0 Å². The first kappa shape index (κ1) is 14.9. The Balaban J connectivity index is 2.50. The van der Waals surface area contributed by atoms with Gasteiger partial charge < -0.3 is 15.3 Å². The van der Waals surface area contributed by atoms with Crippen molar-refractivity contribution < 1.29 is 5.11 Å². The molecule has 1 saturated heterocycles. The normalized spacial score (nSPS) is 30.9. The van der Waals surface area contributed by atoms with Crippen LogP contribution >= 0.6 is 0 Å². The second-order valence-electron chi connectivity index (χ2n) is 6.32. The van der Waals surface area contributed by atoms with Crippen molar-refractivity contribution in [2.24, 2.45) is 5.41 Å². The lowest BCUT2D eigenvalue weighted by molar-refractivity contribution is 0.0429. The second kappa shape index (κ2) is 6.17. The Bertz CT molecular complexity index is 230. The van der Waals surface area contributed by atoms with Crippen LogP contribution in [0.25, 0.3) is 0 Å². The van der Waals surface area contributed by atoms with Crippen molar-refractivity contribution in [2.45, 2.75) is 52.1 Å². The fraction of sp³-hybridized carbons (Fsp3) is 1.00. The van der Waals surface area contributed by atoms with Crippen LogP contribution in [-0.4, -0.2) is 48.8 Å². The van der Waals surface area contributed by atoms with Crippen LogP contribution in [0.3, 0.4) is 0 Å². The molecule has 0 aliphatic carbocycles. The molecule has 2 atom stereocenters. The van der Waals surface area contributed by atoms with Gasteiger partial charge in [0.25, 0.3) is 0 Å². The summed E-state index contributed by atoms with van der Waals surface area (Å²) < 4.78 is 0. The van der Waals surface area contributed by atoms with Crippen LogP contribution in [0.2, 0.25) is 0 Å². The number of rotatable bonds is 5. The predicted octanol–water partition coefficient (Wildman–Crippen LogP) is 1.86. The molecule has 0 aromatic rings. The minimum Gasteiger partial charge on any atom is -0.390 e. The molecule has 17 heavy (non-hydrogen) atoms. The average Bonchev–Trinajstić information content (AvgIpc) is 2.41. The molecule has 1 rings (SSSR count). The molecule has 1 aliphatic heterocycles. The average molecular weight is 242 g/mol. The predicted molar refractivity (Wildman–Crippen MR) is 73.2 cm³/mol. The van der Waals surface area contributed by atoms with Gasteiger partial charge in [0, 0.05) is 19.6 Å². The number of aliphatic hydroxyl groups is 1. The van der Waals surface area contributed by atoms with E-state index in [0.717, 1.165) is 45.4 Å². The Hall–Kier alpha value is -0.120. The number of nitrogens with zero attached hydrogens (tertiary/aromatic N) is 1. The monoisotopic (exact) mass is 242 g/mol. The van der Waals surface area contributed by atoms with Gasteiger partial charge in [0.05, 0.1) is 5.60 Å². The third-order valence-electron chi connectivity index (χ3n) is 4.22. The lowest BCUT2D eigenvalue weighted by Crippen LogP contribution is -2.42. The van der Waals surface area contributed by atoms with Gasteiger partial charge in [0.1, 0.15) is 0 Å². The number of nitrogens with one attached hydrogen (secondary N) is 1. The first-order valence-corrected chi connectivity index (χ1v) is 7.00. The maximum Gasteiger partial charge on any atom is 0.0632 e. The summed E-state index contributed by atoms with van der Waals surface area (Å²) in [5, 5.41) is 13.4. The van der Waals surface area contributed by atoms with Gasteiger partial charge in [0.15, 0.2) is 0 Å². The first-order chi connectivity index (χ1) is 7.91. The van der Waals surface area contributed by atoms with E-state index in [2.05, 4.69) is 24.1 Å². The molecular formula is C14H30N2O. The van der Waals surface area contributed by atoms with Crippen molar-refractivity contribution in [3.63, 3.8) is 0 Å². The van der Waals surface area contributed by atoms with E-state index in [0.29, 0.717) is 5.41 Å². The van der Waals surface area contributed by atoms with Crippen LogP contribution in [0.4, 0.5) is 0 Å². The van der Waals surface area contributed by atoms with E-state index < -0.39 is 5.60 Å². The SMILES string of the molecule is CCC(C)(CNC)CN1CCCC(C)(O)CC1. The zero-order chi connectivity index (χ0) is 12.9. The number of hydrogen-bond donors (Lipinski definition) is 2. The highest BCUT2D eigenvalue weighted by Crippen LogP contribution is 2.26. The highest BCUT2D eigenvalue weighted by Gasteiger charge is 2.29. The van der Waals surface area contributed by atoms with Crippen molar-refractivity contribution in [2.75, 3.05) is 33.2 Å². The van der Waals surface area contributed by atoms with E-state index in [1.54, 1.807) is 0 Å².